The number of H-pyrrole nitrogens is 1. The van der Waals surface area contributed by atoms with Gasteiger partial charge in [-0.15, -0.1) is 0 Å². The van der Waals surface area contributed by atoms with E-state index in [-0.39, 0.29) is 24.5 Å². The number of aromatic nitrogens is 2. The summed E-state index contributed by atoms with van der Waals surface area (Å²) in [6.07, 6.45) is 0.912. The number of hydrogen-bond donors (Lipinski definition) is 1. The van der Waals surface area contributed by atoms with Crippen LogP contribution in [0.5, 0.6) is 0 Å². The molecule has 0 unspecified atom stereocenters. The van der Waals surface area contributed by atoms with Crippen LogP contribution in [0.15, 0.2) is 29.1 Å². The van der Waals surface area contributed by atoms with Gasteiger partial charge in [0.1, 0.15) is 18.0 Å². The number of fused-ring (bicyclic) bond motifs is 1. The third-order valence-corrected chi connectivity index (χ3v) is 4.42. The Morgan fingerprint density at radius 3 is 2.79 bits per heavy atom. The second-order valence-electron chi connectivity index (χ2n) is 7.90. The van der Waals surface area contributed by atoms with Crippen LogP contribution in [0, 0.1) is 5.92 Å². The van der Waals surface area contributed by atoms with E-state index in [1.54, 1.807) is 45.0 Å². The molecule has 150 valence electrons. The summed E-state index contributed by atoms with van der Waals surface area (Å²) in [6.45, 7) is 6.10. The molecule has 0 spiro atoms. The summed E-state index contributed by atoms with van der Waals surface area (Å²) < 4.78 is 10.7. The molecule has 28 heavy (non-hydrogen) atoms. The van der Waals surface area contributed by atoms with Gasteiger partial charge in [-0.05, 0) is 45.7 Å². The average Bonchev–Trinajstić information content (AvgIpc) is 2.65. The fraction of sp³-hybridized carbons (Fsp3) is 0.500. The number of likely N-dealkylation sites (tertiary alicyclic amines) is 1. The van der Waals surface area contributed by atoms with Gasteiger partial charge in [-0.2, -0.15) is 0 Å². The van der Waals surface area contributed by atoms with Crippen LogP contribution < -0.4 is 5.56 Å². The number of carbonyl (C=O) groups excluding carboxylic acids is 2. The van der Waals surface area contributed by atoms with E-state index in [4.69, 9.17) is 9.47 Å². The predicted octanol–water partition coefficient (Wildman–Crippen LogP) is 2.61. The topological polar surface area (TPSA) is 102 Å². The van der Waals surface area contributed by atoms with E-state index in [9.17, 15) is 14.4 Å². The van der Waals surface area contributed by atoms with Gasteiger partial charge in [0.2, 0.25) is 0 Å². The molecule has 1 aromatic carbocycles. The maximum absolute atomic E-state index is 12.5. The molecule has 1 aromatic heterocycles. The minimum atomic E-state index is -0.585. The molecule has 0 saturated carbocycles. The molecular formula is C20H25N3O5. The summed E-state index contributed by atoms with van der Waals surface area (Å²) in [5.41, 5.74) is -0.311. The number of rotatable bonds is 3. The largest absolute Gasteiger partial charge is 0.457 e. The zero-order valence-electron chi connectivity index (χ0n) is 16.4. The lowest BCUT2D eigenvalue weighted by Crippen LogP contribution is -2.45. The highest BCUT2D eigenvalue weighted by Crippen LogP contribution is 2.21. The van der Waals surface area contributed by atoms with Gasteiger partial charge >= 0.3 is 12.1 Å². The number of nitrogens with zero attached hydrogens (tertiary/aromatic N) is 2. The lowest BCUT2D eigenvalue weighted by atomic mass is 9.98. The Kier molecular flexibility index (Phi) is 5.67. The normalized spacial score (nSPS) is 17.4. The van der Waals surface area contributed by atoms with E-state index in [0.717, 1.165) is 0 Å². The Morgan fingerprint density at radius 2 is 2.04 bits per heavy atom. The highest BCUT2D eigenvalue weighted by Gasteiger charge is 2.32. The maximum Gasteiger partial charge on any atom is 0.410 e. The third-order valence-electron chi connectivity index (χ3n) is 4.42. The number of piperidine rings is 1. The lowest BCUT2D eigenvalue weighted by molar-refractivity contribution is -0.151. The number of esters is 1. The Hall–Kier alpha value is -2.90. The minimum absolute atomic E-state index is 0.123. The summed E-state index contributed by atoms with van der Waals surface area (Å²) in [7, 11) is 0. The molecule has 8 nitrogen and oxygen atoms in total. The number of aromatic amines is 1. The van der Waals surface area contributed by atoms with Crippen molar-refractivity contribution < 1.29 is 19.1 Å². The van der Waals surface area contributed by atoms with Gasteiger partial charge in [0.05, 0.1) is 16.8 Å². The molecule has 8 heteroatoms. The molecule has 1 atom stereocenters. The van der Waals surface area contributed by atoms with Crippen LogP contribution in [0.25, 0.3) is 10.9 Å². The minimum Gasteiger partial charge on any atom is -0.457 e. The highest BCUT2D eigenvalue weighted by molar-refractivity contribution is 5.77. The van der Waals surface area contributed by atoms with Crippen molar-refractivity contribution in [1.29, 1.82) is 0 Å². The van der Waals surface area contributed by atoms with E-state index in [1.807, 2.05) is 0 Å². The van der Waals surface area contributed by atoms with Gasteiger partial charge in [0.25, 0.3) is 5.56 Å². The molecule has 1 saturated heterocycles. The standard InChI is InChI=1S/C20H25N3O5/c1-20(2,3)28-19(26)23-10-6-7-13(11-23)18(25)27-12-16-21-15-9-5-4-8-14(15)17(24)22-16/h4-5,8-9,13H,6-7,10-12H2,1-3H3,(H,21,22,24)/t13-/m0/s1. The molecule has 1 aliphatic rings. The Balaban J connectivity index is 1.60. The van der Waals surface area contributed by atoms with Gasteiger partial charge in [-0.3, -0.25) is 9.59 Å². The number of benzene rings is 1. The highest BCUT2D eigenvalue weighted by atomic mass is 16.6. The first-order valence-electron chi connectivity index (χ1n) is 9.35. The SMILES string of the molecule is CC(C)(C)OC(=O)N1CCC[C@H](C(=O)OCc2nc3ccccc3c(=O)[nH]2)C1. The molecule has 1 amide bonds. The van der Waals surface area contributed by atoms with Crippen molar-refractivity contribution in [3.63, 3.8) is 0 Å². The van der Waals surface area contributed by atoms with Crippen molar-refractivity contribution in [2.24, 2.45) is 5.92 Å². The number of amides is 1. The summed E-state index contributed by atoms with van der Waals surface area (Å²) in [5, 5.41) is 0.484. The zero-order chi connectivity index (χ0) is 20.3. The van der Waals surface area contributed by atoms with Gasteiger partial charge in [-0.1, -0.05) is 12.1 Å². The number of para-hydroxylation sites is 1. The van der Waals surface area contributed by atoms with E-state index < -0.39 is 23.6 Å². The van der Waals surface area contributed by atoms with Crippen molar-refractivity contribution in [3.05, 3.63) is 40.4 Å². The van der Waals surface area contributed by atoms with Gasteiger partial charge in [0.15, 0.2) is 0 Å². The molecular weight excluding hydrogens is 362 g/mol. The maximum atomic E-state index is 12.5. The van der Waals surface area contributed by atoms with Crippen molar-refractivity contribution in [2.75, 3.05) is 13.1 Å². The van der Waals surface area contributed by atoms with Crippen LogP contribution >= 0.6 is 0 Å². The van der Waals surface area contributed by atoms with Crippen LogP contribution in [0.3, 0.4) is 0 Å². The molecule has 0 bridgehead atoms. The van der Waals surface area contributed by atoms with E-state index >= 15 is 0 Å². The Bertz CT molecular complexity index is 931. The first-order chi connectivity index (χ1) is 13.2. The molecule has 3 rings (SSSR count). The predicted molar refractivity (Wildman–Crippen MR) is 103 cm³/mol. The molecule has 1 fully saturated rings. The quantitative estimate of drug-likeness (QED) is 0.813. The second kappa shape index (κ2) is 8.00. The zero-order valence-corrected chi connectivity index (χ0v) is 16.4. The van der Waals surface area contributed by atoms with E-state index in [1.165, 1.54) is 4.90 Å². The Morgan fingerprint density at radius 1 is 1.29 bits per heavy atom. The van der Waals surface area contributed by atoms with Crippen LogP contribution in [0.4, 0.5) is 4.79 Å². The smallest absolute Gasteiger partial charge is 0.410 e. The summed E-state index contributed by atoms with van der Waals surface area (Å²) in [6, 6.07) is 6.97. The summed E-state index contributed by atoms with van der Waals surface area (Å²) >= 11 is 0. The Labute approximate surface area is 162 Å². The van der Waals surface area contributed by atoms with Crippen molar-refractivity contribution >= 4 is 23.0 Å². The van der Waals surface area contributed by atoms with Gasteiger partial charge < -0.3 is 19.4 Å². The number of ether oxygens (including phenoxy) is 2. The monoisotopic (exact) mass is 387 g/mol. The van der Waals surface area contributed by atoms with Crippen LogP contribution in [-0.2, 0) is 20.9 Å². The molecule has 1 N–H and O–H groups in total. The van der Waals surface area contributed by atoms with Crippen LogP contribution in [0.1, 0.15) is 39.4 Å². The summed E-state index contributed by atoms with van der Waals surface area (Å²) in [5.74, 6) is -0.547. The second-order valence-corrected chi connectivity index (χ2v) is 7.90. The fourth-order valence-corrected chi connectivity index (χ4v) is 3.12. The molecule has 2 aromatic rings. The third kappa shape index (κ3) is 4.88. The van der Waals surface area contributed by atoms with Crippen molar-refractivity contribution in [2.45, 2.75) is 45.8 Å². The summed E-state index contributed by atoms with van der Waals surface area (Å²) in [4.78, 5) is 45.3. The average molecular weight is 387 g/mol. The van der Waals surface area contributed by atoms with Crippen LogP contribution in [-0.4, -0.2) is 45.6 Å². The van der Waals surface area contributed by atoms with E-state index in [2.05, 4.69) is 9.97 Å². The number of carbonyl (C=O) groups is 2. The lowest BCUT2D eigenvalue weighted by Gasteiger charge is -2.33. The molecule has 0 aliphatic carbocycles. The van der Waals surface area contributed by atoms with Crippen LogP contribution in [0.2, 0.25) is 0 Å². The van der Waals surface area contributed by atoms with Crippen molar-refractivity contribution in [1.82, 2.24) is 14.9 Å². The number of hydrogen-bond acceptors (Lipinski definition) is 6. The molecule has 1 aliphatic heterocycles. The first kappa shape index (κ1) is 19.9. The van der Waals surface area contributed by atoms with Gasteiger partial charge in [0, 0.05) is 13.1 Å². The molecule has 2 heterocycles. The van der Waals surface area contributed by atoms with Gasteiger partial charge in [-0.25, -0.2) is 9.78 Å². The first-order valence-corrected chi connectivity index (χ1v) is 9.35. The number of nitrogens with one attached hydrogen (secondary N) is 1. The van der Waals surface area contributed by atoms with Crippen molar-refractivity contribution in [3.8, 4) is 0 Å². The fourth-order valence-electron chi connectivity index (χ4n) is 3.12. The molecule has 0 radical (unpaired) electrons. The van der Waals surface area contributed by atoms with E-state index in [0.29, 0.717) is 30.3 Å².